The van der Waals surface area contributed by atoms with Gasteiger partial charge in [0.05, 0.1) is 32.3 Å². The summed E-state index contributed by atoms with van der Waals surface area (Å²) in [7, 11) is -4.46. The number of aliphatic hydroxyl groups excluding tert-OH is 1. The zero-order valence-electron chi connectivity index (χ0n) is 30.0. The largest absolute Gasteiger partial charge is 0.472 e. The summed E-state index contributed by atoms with van der Waals surface area (Å²) >= 11 is 1.79. The van der Waals surface area contributed by atoms with E-state index in [4.69, 9.17) is 24.3 Å². The van der Waals surface area contributed by atoms with Crippen molar-refractivity contribution in [1.29, 1.82) is 0 Å². The molecule has 2 rings (SSSR count). The lowest BCUT2D eigenvalue weighted by atomic mass is 10.1. The number of nitrogens with zero attached hydrogens (tertiary/aromatic N) is 3. The number of nitrogens with one attached hydrogen (secondary N) is 1. The Bertz CT molecular complexity index is 1220. The van der Waals surface area contributed by atoms with Crippen molar-refractivity contribution in [1.82, 2.24) is 19.5 Å². The Balaban J connectivity index is 1.74. The number of phosphoric ester groups is 1. The summed E-state index contributed by atoms with van der Waals surface area (Å²) in [5.74, 6) is 1.61. The average molecular weight is 734 g/mol. The molecular formula is C34H64N5O8PS. The third-order valence-electron chi connectivity index (χ3n) is 8.29. The molecule has 0 aliphatic rings. The molecule has 15 heteroatoms. The summed E-state index contributed by atoms with van der Waals surface area (Å²) in [5.41, 5.74) is 5.44. The zero-order valence-corrected chi connectivity index (χ0v) is 31.7. The molecule has 0 spiro atoms. The third kappa shape index (κ3) is 20.2. The predicted molar refractivity (Wildman–Crippen MR) is 198 cm³/mol. The summed E-state index contributed by atoms with van der Waals surface area (Å²) in [6, 6.07) is 0. The van der Waals surface area contributed by atoms with E-state index in [0.717, 1.165) is 25.0 Å². The topological polar surface area (TPSA) is 184 Å². The van der Waals surface area contributed by atoms with Crippen molar-refractivity contribution in [3.05, 3.63) is 16.7 Å². The lowest BCUT2D eigenvalue weighted by Crippen LogP contribution is -2.26. The first-order valence-electron chi connectivity index (χ1n) is 18.5. The van der Waals surface area contributed by atoms with Gasteiger partial charge in [-0.1, -0.05) is 117 Å². The first-order valence-corrected chi connectivity index (χ1v) is 21.2. The van der Waals surface area contributed by atoms with Gasteiger partial charge in [-0.25, -0.2) is 9.55 Å². The van der Waals surface area contributed by atoms with E-state index < -0.39 is 32.7 Å². The molecule has 0 saturated carbocycles. The van der Waals surface area contributed by atoms with Crippen LogP contribution in [-0.2, 0) is 29.8 Å². The summed E-state index contributed by atoms with van der Waals surface area (Å²) in [4.78, 5) is 32.8. The van der Waals surface area contributed by atoms with Gasteiger partial charge in [-0.05, 0) is 18.6 Å². The van der Waals surface area contributed by atoms with Crippen LogP contribution in [0.4, 0.5) is 5.95 Å². The quantitative estimate of drug-likeness (QED) is 0.0423. The lowest BCUT2D eigenvalue weighted by molar-refractivity contribution is -0.0513. The maximum Gasteiger partial charge on any atom is 0.472 e. The fourth-order valence-corrected chi connectivity index (χ4v) is 7.15. The van der Waals surface area contributed by atoms with Gasteiger partial charge in [-0.15, -0.1) is 0 Å². The lowest BCUT2D eigenvalue weighted by Gasteiger charge is -2.21. The van der Waals surface area contributed by atoms with E-state index in [2.05, 4.69) is 28.8 Å². The number of phosphoric acid groups is 1. The number of H-pyrrole nitrogens is 1. The van der Waals surface area contributed by atoms with Gasteiger partial charge < -0.3 is 25.2 Å². The van der Waals surface area contributed by atoms with E-state index in [9.17, 15) is 19.4 Å². The van der Waals surface area contributed by atoms with Gasteiger partial charge in [0.2, 0.25) is 5.95 Å². The highest BCUT2D eigenvalue weighted by Gasteiger charge is 2.26. The van der Waals surface area contributed by atoms with Crippen molar-refractivity contribution in [3.8, 4) is 0 Å². The molecule has 0 aromatic carbocycles. The van der Waals surface area contributed by atoms with E-state index in [0.29, 0.717) is 12.4 Å². The normalized spacial score (nSPS) is 14.4. The first kappa shape index (κ1) is 43.7. The molecule has 0 bridgehead atoms. The Labute approximate surface area is 297 Å². The van der Waals surface area contributed by atoms with Gasteiger partial charge in [-0.2, -0.15) is 16.7 Å². The number of anilines is 1. The van der Waals surface area contributed by atoms with Crippen LogP contribution in [0.15, 0.2) is 11.1 Å². The van der Waals surface area contributed by atoms with Crippen LogP contribution in [0.1, 0.15) is 129 Å². The van der Waals surface area contributed by atoms with Crippen molar-refractivity contribution < 1.29 is 33.1 Å². The number of aromatic nitrogens is 4. The van der Waals surface area contributed by atoms with Gasteiger partial charge >= 0.3 is 7.82 Å². The molecule has 0 radical (unpaired) electrons. The SMILES string of the molecule is CCCCCCCCCCCCSCC(COP(=O)(O)OCC(CO)OCn1cnc2c(=O)[nH]c(N)nc21)OCCCCCCCCCC. The predicted octanol–water partition coefficient (Wildman–Crippen LogP) is 7.35. The third-order valence-corrected chi connectivity index (χ3v) is 10.4. The number of aromatic amines is 1. The Morgan fingerprint density at radius 3 is 2.00 bits per heavy atom. The summed E-state index contributed by atoms with van der Waals surface area (Å²) in [6.07, 6.45) is 22.6. The van der Waals surface area contributed by atoms with Crippen molar-refractivity contribution in [3.63, 3.8) is 0 Å². The highest BCUT2D eigenvalue weighted by atomic mass is 32.2. The summed E-state index contributed by atoms with van der Waals surface area (Å²) in [6.45, 7) is 3.94. The minimum absolute atomic E-state index is 0.0723. The van der Waals surface area contributed by atoms with Crippen molar-refractivity contribution in [2.75, 3.05) is 43.7 Å². The fourth-order valence-electron chi connectivity index (χ4n) is 5.33. The zero-order chi connectivity index (χ0) is 35.6. The van der Waals surface area contributed by atoms with E-state index in [1.165, 1.54) is 107 Å². The van der Waals surface area contributed by atoms with Gasteiger partial charge in [0, 0.05) is 12.4 Å². The highest BCUT2D eigenvalue weighted by Crippen LogP contribution is 2.43. The smallest absolute Gasteiger partial charge is 0.394 e. The number of rotatable bonds is 33. The minimum Gasteiger partial charge on any atom is -0.394 e. The van der Waals surface area contributed by atoms with Crippen LogP contribution in [0.5, 0.6) is 0 Å². The molecule has 13 nitrogen and oxygen atoms in total. The van der Waals surface area contributed by atoms with Gasteiger partial charge in [-0.3, -0.25) is 23.4 Å². The van der Waals surface area contributed by atoms with Crippen molar-refractivity contribution >= 4 is 36.7 Å². The number of thioether (sulfide) groups is 1. The summed E-state index contributed by atoms with van der Waals surface area (Å²) < 4.78 is 36.4. The van der Waals surface area contributed by atoms with Crippen LogP contribution in [0.25, 0.3) is 11.2 Å². The molecule has 0 aliphatic carbocycles. The molecule has 2 aromatic heterocycles. The highest BCUT2D eigenvalue weighted by molar-refractivity contribution is 7.99. The Morgan fingerprint density at radius 1 is 0.857 bits per heavy atom. The van der Waals surface area contributed by atoms with E-state index in [-0.39, 0.29) is 36.6 Å². The number of fused-ring (bicyclic) bond motifs is 1. The van der Waals surface area contributed by atoms with E-state index >= 15 is 0 Å². The number of imidazole rings is 1. The second-order valence-electron chi connectivity index (χ2n) is 12.7. The summed E-state index contributed by atoms with van der Waals surface area (Å²) in [5, 5.41) is 9.77. The Morgan fingerprint density at radius 2 is 1.41 bits per heavy atom. The van der Waals surface area contributed by atoms with E-state index in [1.807, 2.05) is 0 Å². The molecule has 2 heterocycles. The number of nitrogen functional groups attached to an aromatic ring is 1. The van der Waals surface area contributed by atoms with Crippen molar-refractivity contribution in [2.45, 2.75) is 148 Å². The molecule has 0 fully saturated rings. The van der Waals surface area contributed by atoms with Crippen LogP contribution in [0, 0.1) is 0 Å². The number of hydrogen-bond acceptors (Lipinski definition) is 11. The maximum atomic E-state index is 12.8. The van der Waals surface area contributed by atoms with Crippen LogP contribution in [0.2, 0.25) is 0 Å². The minimum atomic E-state index is -4.46. The van der Waals surface area contributed by atoms with Gasteiger partial charge in [0.15, 0.2) is 11.2 Å². The Hall–Kier alpha value is -1.51. The molecule has 0 saturated heterocycles. The number of hydrogen-bond donors (Lipinski definition) is 4. The number of ether oxygens (including phenoxy) is 2. The van der Waals surface area contributed by atoms with Gasteiger partial charge in [0.1, 0.15) is 12.8 Å². The molecule has 49 heavy (non-hydrogen) atoms. The number of aliphatic hydroxyl groups is 1. The second-order valence-corrected chi connectivity index (χ2v) is 15.3. The molecule has 0 aliphatic heterocycles. The molecule has 0 amide bonds. The van der Waals surface area contributed by atoms with Crippen LogP contribution >= 0.6 is 19.6 Å². The van der Waals surface area contributed by atoms with Crippen molar-refractivity contribution in [2.24, 2.45) is 0 Å². The molecule has 5 N–H and O–H groups in total. The monoisotopic (exact) mass is 733 g/mol. The molecular weight excluding hydrogens is 669 g/mol. The first-order chi connectivity index (χ1) is 23.8. The fraction of sp³-hybridized carbons (Fsp3) is 0.853. The van der Waals surface area contributed by atoms with Crippen LogP contribution in [0.3, 0.4) is 0 Å². The molecule has 3 atom stereocenters. The van der Waals surface area contributed by atoms with Crippen LogP contribution < -0.4 is 11.3 Å². The Kier molecular flexibility index (Phi) is 24.2. The average Bonchev–Trinajstić information content (AvgIpc) is 3.49. The standard InChI is InChI=1S/C34H64N5O8PS/c1-3-5-7-9-11-13-14-16-18-20-22-49-26-30(44-21-19-17-15-12-10-8-6-4-2)25-47-48(42,43)46-24-29(23-40)45-28-39-27-36-31-32(39)37-34(35)38-33(31)41/h27,29-30,40H,3-26,28H2,1-2H3,(H,42,43)(H3,35,37,38,41). The van der Waals surface area contributed by atoms with E-state index in [1.54, 1.807) is 11.8 Å². The molecule has 3 unspecified atom stereocenters. The molecule has 2 aromatic rings. The van der Waals surface area contributed by atoms with Crippen LogP contribution in [-0.4, -0.2) is 79.7 Å². The second kappa shape index (κ2) is 27.2. The number of nitrogens with two attached hydrogens (primary N) is 1. The van der Waals surface area contributed by atoms with Gasteiger partial charge in [0.25, 0.3) is 5.56 Å². The molecule has 284 valence electrons. The number of unbranched alkanes of at least 4 members (excludes halogenated alkanes) is 16. The maximum absolute atomic E-state index is 12.8.